The van der Waals surface area contributed by atoms with Crippen LogP contribution in [0.2, 0.25) is 0 Å². The molecule has 0 aliphatic carbocycles. The molecule has 2 heterocycles. The minimum absolute atomic E-state index is 0.131. The van der Waals surface area contributed by atoms with Crippen LogP contribution >= 0.6 is 11.3 Å². The second-order valence-corrected chi connectivity index (χ2v) is 8.80. The SMILES string of the molecule is Cc1c(Cc2ccc3c(c2)OCO3)sc(NC(=O)Cc2cccc3ccccc23)c1C#N. The maximum atomic E-state index is 12.9. The zero-order valence-corrected chi connectivity index (χ0v) is 18.3. The predicted molar refractivity (Wildman–Crippen MR) is 125 cm³/mol. The fourth-order valence-electron chi connectivity index (χ4n) is 3.98. The number of nitrogens with zero attached hydrogens (tertiary/aromatic N) is 1. The van der Waals surface area contributed by atoms with Gasteiger partial charge >= 0.3 is 0 Å². The van der Waals surface area contributed by atoms with E-state index >= 15 is 0 Å². The van der Waals surface area contributed by atoms with Gasteiger partial charge in [-0.05, 0) is 46.5 Å². The molecule has 4 aromatic rings. The molecule has 0 atom stereocenters. The number of nitrogens with one attached hydrogen (secondary N) is 1. The van der Waals surface area contributed by atoms with Gasteiger partial charge in [-0.15, -0.1) is 11.3 Å². The highest BCUT2D eigenvalue weighted by atomic mass is 32.1. The average Bonchev–Trinajstić information content (AvgIpc) is 3.38. The van der Waals surface area contributed by atoms with Gasteiger partial charge in [0.1, 0.15) is 11.1 Å². The number of carbonyl (C=O) groups is 1. The van der Waals surface area contributed by atoms with Gasteiger partial charge in [-0.25, -0.2) is 0 Å². The molecule has 0 spiro atoms. The van der Waals surface area contributed by atoms with Crippen molar-refractivity contribution in [3.8, 4) is 17.6 Å². The highest BCUT2D eigenvalue weighted by Crippen LogP contribution is 2.37. The first-order valence-corrected chi connectivity index (χ1v) is 11.1. The summed E-state index contributed by atoms with van der Waals surface area (Å²) in [5.41, 5.74) is 3.46. The Hall–Kier alpha value is -3.82. The summed E-state index contributed by atoms with van der Waals surface area (Å²) in [5.74, 6) is 1.35. The van der Waals surface area contributed by atoms with Crippen molar-refractivity contribution in [1.29, 1.82) is 5.26 Å². The lowest BCUT2D eigenvalue weighted by Gasteiger charge is -2.07. The topological polar surface area (TPSA) is 71.3 Å². The van der Waals surface area contributed by atoms with E-state index in [9.17, 15) is 10.1 Å². The number of hydrogen-bond acceptors (Lipinski definition) is 5. The van der Waals surface area contributed by atoms with Crippen LogP contribution < -0.4 is 14.8 Å². The predicted octanol–water partition coefficient (Wildman–Crippen LogP) is 5.58. The van der Waals surface area contributed by atoms with Gasteiger partial charge in [-0.2, -0.15) is 5.26 Å². The van der Waals surface area contributed by atoms with Crippen LogP contribution in [0.4, 0.5) is 5.00 Å². The van der Waals surface area contributed by atoms with E-state index in [0.29, 0.717) is 17.0 Å². The number of nitriles is 1. The highest BCUT2D eigenvalue weighted by Gasteiger charge is 2.19. The first kappa shape index (κ1) is 20.1. The summed E-state index contributed by atoms with van der Waals surface area (Å²) in [6, 6.07) is 22.1. The molecule has 1 aliphatic rings. The first-order chi connectivity index (χ1) is 15.6. The Bertz CT molecular complexity index is 1380. The second kappa shape index (κ2) is 8.37. The first-order valence-electron chi connectivity index (χ1n) is 10.3. The van der Waals surface area contributed by atoms with Crippen LogP contribution in [0.5, 0.6) is 11.5 Å². The summed E-state index contributed by atoms with van der Waals surface area (Å²) in [6.45, 7) is 2.17. The van der Waals surface area contributed by atoms with Crippen molar-refractivity contribution < 1.29 is 14.3 Å². The minimum atomic E-state index is -0.131. The molecule has 1 amide bonds. The summed E-state index contributed by atoms with van der Waals surface area (Å²) in [5, 5.41) is 15.5. The smallest absolute Gasteiger partial charge is 0.231 e. The average molecular weight is 441 g/mol. The summed E-state index contributed by atoms with van der Waals surface area (Å²) in [6.07, 6.45) is 0.904. The summed E-state index contributed by atoms with van der Waals surface area (Å²) < 4.78 is 10.8. The quantitative estimate of drug-likeness (QED) is 0.440. The molecule has 0 radical (unpaired) electrons. The number of hydrogen-bond donors (Lipinski definition) is 1. The van der Waals surface area contributed by atoms with Gasteiger partial charge in [0.2, 0.25) is 12.7 Å². The number of fused-ring (bicyclic) bond motifs is 2. The lowest BCUT2D eigenvalue weighted by Crippen LogP contribution is -2.14. The Morgan fingerprint density at radius 2 is 1.91 bits per heavy atom. The van der Waals surface area contributed by atoms with E-state index < -0.39 is 0 Å². The standard InChI is InChI=1S/C26H20N2O3S/c1-16-21(14-27)26(32-24(16)12-17-9-10-22-23(11-17)31-15-30-22)28-25(29)13-19-7-4-6-18-5-2-3-8-20(18)19/h2-11H,12-13,15H2,1H3,(H,28,29). The Morgan fingerprint density at radius 1 is 1.09 bits per heavy atom. The molecule has 158 valence electrons. The van der Waals surface area contributed by atoms with Crippen LogP contribution in [0.15, 0.2) is 60.7 Å². The minimum Gasteiger partial charge on any atom is -0.454 e. The van der Waals surface area contributed by atoms with Crippen molar-refractivity contribution in [2.45, 2.75) is 19.8 Å². The molecule has 5 rings (SSSR count). The van der Waals surface area contributed by atoms with E-state index in [0.717, 1.165) is 43.8 Å². The van der Waals surface area contributed by atoms with E-state index in [-0.39, 0.29) is 19.1 Å². The largest absolute Gasteiger partial charge is 0.454 e. The molecular formula is C26H20N2O3S. The molecule has 32 heavy (non-hydrogen) atoms. The van der Waals surface area contributed by atoms with E-state index in [2.05, 4.69) is 11.4 Å². The number of amides is 1. The van der Waals surface area contributed by atoms with Gasteiger partial charge < -0.3 is 14.8 Å². The van der Waals surface area contributed by atoms with Gasteiger partial charge in [-0.3, -0.25) is 4.79 Å². The lowest BCUT2D eigenvalue weighted by atomic mass is 10.0. The van der Waals surface area contributed by atoms with Gasteiger partial charge in [-0.1, -0.05) is 48.5 Å². The fourth-order valence-corrected chi connectivity index (χ4v) is 5.18. The number of ether oxygens (including phenoxy) is 2. The number of rotatable bonds is 5. The van der Waals surface area contributed by atoms with Crippen LogP contribution in [0.3, 0.4) is 0 Å². The fraction of sp³-hybridized carbons (Fsp3) is 0.154. The van der Waals surface area contributed by atoms with Crippen molar-refractivity contribution in [1.82, 2.24) is 0 Å². The molecule has 0 unspecified atom stereocenters. The van der Waals surface area contributed by atoms with Crippen LogP contribution in [0, 0.1) is 18.3 Å². The zero-order chi connectivity index (χ0) is 22.1. The van der Waals surface area contributed by atoms with Gasteiger partial charge in [0.15, 0.2) is 11.5 Å². The van der Waals surface area contributed by atoms with Crippen LogP contribution in [-0.2, 0) is 17.6 Å². The Balaban J connectivity index is 1.37. The van der Waals surface area contributed by atoms with Crippen LogP contribution in [-0.4, -0.2) is 12.7 Å². The maximum Gasteiger partial charge on any atom is 0.231 e. The molecule has 3 aromatic carbocycles. The normalized spacial score (nSPS) is 12.0. The number of anilines is 1. The van der Waals surface area contributed by atoms with Gasteiger partial charge in [0.05, 0.1) is 12.0 Å². The van der Waals surface area contributed by atoms with E-state index in [1.54, 1.807) is 0 Å². The summed E-state index contributed by atoms with van der Waals surface area (Å²) >= 11 is 1.45. The number of benzene rings is 3. The van der Waals surface area contributed by atoms with E-state index in [4.69, 9.17) is 9.47 Å². The van der Waals surface area contributed by atoms with Crippen molar-refractivity contribution in [2.24, 2.45) is 0 Å². The van der Waals surface area contributed by atoms with Crippen LogP contribution in [0.25, 0.3) is 10.8 Å². The van der Waals surface area contributed by atoms with Crippen molar-refractivity contribution in [2.75, 3.05) is 12.1 Å². The highest BCUT2D eigenvalue weighted by molar-refractivity contribution is 7.16. The monoisotopic (exact) mass is 440 g/mol. The molecule has 0 saturated carbocycles. The second-order valence-electron chi connectivity index (χ2n) is 7.69. The van der Waals surface area contributed by atoms with Crippen molar-refractivity contribution in [3.05, 3.63) is 87.8 Å². The Morgan fingerprint density at radius 3 is 2.78 bits per heavy atom. The lowest BCUT2D eigenvalue weighted by molar-refractivity contribution is -0.115. The third-order valence-corrected chi connectivity index (χ3v) is 6.85. The van der Waals surface area contributed by atoms with Crippen molar-refractivity contribution >= 4 is 33.0 Å². The van der Waals surface area contributed by atoms with Crippen molar-refractivity contribution in [3.63, 3.8) is 0 Å². The Kier molecular flexibility index (Phi) is 5.26. The van der Waals surface area contributed by atoms with Crippen LogP contribution in [0.1, 0.15) is 27.1 Å². The molecule has 1 aromatic heterocycles. The molecule has 0 bridgehead atoms. The van der Waals surface area contributed by atoms with E-state index in [1.807, 2.05) is 67.6 Å². The maximum absolute atomic E-state index is 12.9. The molecule has 6 heteroatoms. The summed E-state index contributed by atoms with van der Waals surface area (Å²) in [7, 11) is 0. The molecule has 0 fully saturated rings. The van der Waals surface area contributed by atoms with E-state index in [1.165, 1.54) is 11.3 Å². The Labute approximate surface area is 189 Å². The van der Waals surface area contributed by atoms with Gasteiger partial charge in [0, 0.05) is 11.3 Å². The zero-order valence-electron chi connectivity index (χ0n) is 17.5. The molecule has 1 N–H and O–H groups in total. The summed E-state index contributed by atoms with van der Waals surface area (Å²) in [4.78, 5) is 13.9. The molecular weight excluding hydrogens is 420 g/mol. The third kappa shape index (κ3) is 3.79. The molecule has 0 saturated heterocycles. The number of thiophene rings is 1. The molecule has 5 nitrogen and oxygen atoms in total. The number of carbonyl (C=O) groups excluding carboxylic acids is 1. The third-order valence-electron chi connectivity index (χ3n) is 5.64. The molecule has 1 aliphatic heterocycles. The van der Waals surface area contributed by atoms with Gasteiger partial charge in [0.25, 0.3) is 0 Å².